The first kappa shape index (κ1) is 68.1. The predicted molar refractivity (Wildman–Crippen MR) is 307 cm³/mol. The fraction of sp³-hybridized carbons (Fsp3) is 0.800. The smallest absolute Gasteiger partial charge is 0.306 e. The molecule has 0 aromatic heterocycles. The maximum absolute atomic E-state index is 12.9. The summed E-state index contributed by atoms with van der Waals surface area (Å²) in [4.78, 5) is 38.3. The molecule has 0 aromatic carbocycles. The molecule has 0 aromatic rings. The molecular formula is C65H116O6. The van der Waals surface area contributed by atoms with Crippen LogP contribution in [-0.2, 0) is 28.6 Å². The van der Waals surface area contributed by atoms with E-state index in [0.717, 1.165) is 77.0 Å². The molecule has 6 heteroatoms. The molecule has 1 atom stereocenters. The molecular weight excluding hydrogens is 877 g/mol. The van der Waals surface area contributed by atoms with E-state index < -0.39 is 6.10 Å². The summed E-state index contributed by atoms with van der Waals surface area (Å²) in [6.45, 7) is 6.62. The maximum atomic E-state index is 12.9. The minimum absolute atomic E-state index is 0.0811. The third kappa shape index (κ3) is 57.9. The first-order valence-electron chi connectivity index (χ1n) is 30.8. The number of ether oxygens (including phenoxy) is 3. The van der Waals surface area contributed by atoms with E-state index in [1.54, 1.807) is 0 Å². The molecule has 0 saturated carbocycles. The number of carbonyl (C=O) groups excluding carboxylic acids is 3. The summed E-state index contributed by atoms with van der Waals surface area (Å²) in [6, 6.07) is 0. The second-order valence-electron chi connectivity index (χ2n) is 20.6. The first-order chi connectivity index (χ1) is 35.0. The minimum atomic E-state index is -0.784. The van der Waals surface area contributed by atoms with Crippen LogP contribution in [0.1, 0.15) is 316 Å². The van der Waals surface area contributed by atoms with Gasteiger partial charge in [-0.15, -0.1) is 0 Å². The second kappa shape index (κ2) is 59.7. The Morgan fingerprint density at radius 3 is 0.831 bits per heavy atom. The first-order valence-corrected chi connectivity index (χ1v) is 30.8. The van der Waals surface area contributed by atoms with E-state index in [0.29, 0.717) is 19.3 Å². The van der Waals surface area contributed by atoms with E-state index in [-0.39, 0.29) is 31.1 Å². The van der Waals surface area contributed by atoms with Crippen molar-refractivity contribution in [2.24, 2.45) is 0 Å². The van der Waals surface area contributed by atoms with Crippen molar-refractivity contribution in [2.75, 3.05) is 13.2 Å². The molecule has 0 amide bonds. The molecule has 0 N–H and O–H groups in total. The fourth-order valence-corrected chi connectivity index (χ4v) is 8.79. The van der Waals surface area contributed by atoms with Crippen LogP contribution < -0.4 is 0 Å². The van der Waals surface area contributed by atoms with E-state index in [2.05, 4.69) is 81.5 Å². The lowest BCUT2D eigenvalue weighted by Gasteiger charge is -2.18. The molecule has 0 heterocycles. The van der Waals surface area contributed by atoms with Crippen molar-refractivity contribution in [1.82, 2.24) is 0 Å². The van der Waals surface area contributed by atoms with Crippen LogP contribution in [0, 0.1) is 0 Å². The van der Waals surface area contributed by atoms with Crippen LogP contribution in [0.5, 0.6) is 0 Å². The van der Waals surface area contributed by atoms with Crippen molar-refractivity contribution in [3.63, 3.8) is 0 Å². The molecule has 0 spiro atoms. The van der Waals surface area contributed by atoms with Gasteiger partial charge in [0.15, 0.2) is 6.10 Å². The Kier molecular flexibility index (Phi) is 57.2. The van der Waals surface area contributed by atoms with Crippen LogP contribution in [0.3, 0.4) is 0 Å². The zero-order valence-corrected chi connectivity index (χ0v) is 47.2. The monoisotopic (exact) mass is 993 g/mol. The number of esters is 3. The van der Waals surface area contributed by atoms with Crippen molar-refractivity contribution >= 4 is 17.9 Å². The van der Waals surface area contributed by atoms with Gasteiger partial charge in [-0.1, -0.05) is 248 Å². The summed E-state index contributed by atoms with van der Waals surface area (Å²) in [5.74, 6) is -0.888. The number of unbranched alkanes of at least 4 members (excludes halogenated alkanes) is 35. The summed E-state index contributed by atoms with van der Waals surface area (Å²) in [7, 11) is 0. The normalized spacial score (nSPS) is 12.4. The largest absolute Gasteiger partial charge is 0.462 e. The van der Waals surface area contributed by atoms with E-state index >= 15 is 0 Å². The summed E-state index contributed by atoms with van der Waals surface area (Å²) in [6.07, 6.45) is 74.9. The highest BCUT2D eigenvalue weighted by Crippen LogP contribution is 2.16. The maximum Gasteiger partial charge on any atom is 0.306 e. The average Bonchev–Trinajstić information content (AvgIpc) is 3.37. The van der Waals surface area contributed by atoms with Crippen LogP contribution in [0.4, 0.5) is 0 Å². The molecule has 6 nitrogen and oxygen atoms in total. The van der Waals surface area contributed by atoms with Gasteiger partial charge in [-0.05, 0) is 109 Å². The van der Waals surface area contributed by atoms with Crippen molar-refractivity contribution in [2.45, 2.75) is 322 Å². The lowest BCUT2D eigenvalue weighted by molar-refractivity contribution is -0.167. The molecule has 0 aliphatic heterocycles. The van der Waals surface area contributed by atoms with Gasteiger partial charge in [0, 0.05) is 19.3 Å². The molecule has 0 bridgehead atoms. The zero-order chi connectivity index (χ0) is 51.4. The number of carbonyl (C=O) groups is 3. The van der Waals surface area contributed by atoms with Gasteiger partial charge in [0.05, 0.1) is 0 Å². The summed E-state index contributed by atoms with van der Waals surface area (Å²) in [5.41, 5.74) is 0. The molecule has 412 valence electrons. The van der Waals surface area contributed by atoms with Crippen molar-refractivity contribution in [1.29, 1.82) is 0 Å². The van der Waals surface area contributed by atoms with E-state index in [1.807, 2.05) is 0 Å². The highest BCUT2D eigenvalue weighted by molar-refractivity contribution is 5.71. The Morgan fingerprint density at radius 1 is 0.282 bits per heavy atom. The topological polar surface area (TPSA) is 78.9 Å². The number of allylic oxidation sites excluding steroid dienone is 10. The second-order valence-corrected chi connectivity index (χ2v) is 20.6. The fourth-order valence-electron chi connectivity index (χ4n) is 8.79. The highest BCUT2D eigenvalue weighted by Gasteiger charge is 2.19. The molecule has 0 radical (unpaired) electrons. The highest BCUT2D eigenvalue weighted by atomic mass is 16.6. The van der Waals surface area contributed by atoms with Crippen molar-refractivity contribution in [3.05, 3.63) is 60.8 Å². The molecule has 0 unspecified atom stereocenters. The number of rotatable bonds is 56. The number of hydrogen-bond acceptors (Lipinski definition) is 6. The van der Waals surface area contributed by atoms with Crippen molar-refractivity contribution < 1.29 is 28.6 Å². The Balaban J connectivity index is 4.40. The molecule has 0 rings (SSSR count). The average molecular weight is 994 g/mol. The molecule has 0 fully saturated rings. The van der Waals surface area contributed by atoms with Crippen LogP contribution in [0.15, 0.2) is 60.8 Å². The van der Waals surface area contributed by atoms with Gasteiger partial charge in [0.2, 0.25) is 0 Å². The molecule has 0 aliphatic rings. The third-order valence-corrected chi connectivity index (χ3v) is 13.5. The van der Waals surface area contributed by atoms with E-state index in [4.69, 9.17) is 14.2 Å². The quantitative estimate of drug-likeness (QED) is 0.0261. The SMILES string of the molecule is CCCCC/C=C\C/C=C\C/C=C\CCCCCCCCC(=O)OC[C@@H](COC(=O)CCCCCCCCC/C=C\CCCCCCCC)OC(=O)CCCCCCCCC/C=C\CCCCCCCC. The summed E-state index contributed by atoms with van der Waals surface area (Å²) < 4.78 is 16.9. The van der Waals surface area contributed by atoms with E-state index in [1.165, 1.54) is 199 Å². The van der Waals surface area contributed by atoms with Gasteiger partial charge in [-0.2, -0.15) is 0 Å². The molecule has 71 heavy (non-hydrogen) atoms. The minimum Gasteiger partial charge on any atom is -0.462 e. The zero-order valence-electron chi connectivity index (χ0n) is 47.2. The Bertz CT molecular complexity index is 1280. The standard InChI is InChI=1S/C65H116O6/c1-4-7-10-13-16-19-22-25-28-31-32-35-37-40-43-46-49-52-55-58-64(67)70-61-62(71-65(68)59-56-53-50-47-44-41-38-34-30-27-24-21-18-15-12-9-6-3)60-69-63(66)57-54-51-48-45-42-39-36-33-29-26-23-20-17-14-11-8-5-2/h16,19,25-30,32,35,62H,4-15,17-18,20-24,31,33-34,36-61H2,1-3H3/b19-16-,28-25-,29-26-,30-27-,35-32-/t62-/m1/s1. The number of hydrogen-bond donors (Lipinski definition) is 0. The van der Waals surface area contributed by atoms with Gasteiger partial charge in [-0.3, -0.25) is 14.4 Å². The lowest BCUT2D eigenvalue weighted by Crippen LogP contribution is -2.30. The third-order valence-electron chi connectivity index (χ3n) is 13.5. The molecule has 0 aliphatic carbocycles. The van der Waals surface area contributed by atoms with Gasteiger partial charge < -0.3 is 14.2 Å². The molecule has 0 saturated heterocycles. The van der Waals surface area contributed by atoms with Crippen LogP contribution in [0.25, 0.3) is 0 Å². The Morgan fingerprint density at radius 2 is 0.507 bits per heavy atom. The van der Waals surface area contributed by atoms with Crippen LogP contribution in [-0.4, -0.2) is 37.2 Å². The van der Waals surface area contributed by atoms with Gasteiger partial charge in [-0.25, -0.2) is 0 Å². The van der Waals surface area contributed by atoms with Crippen molar-refractivity contribution in [3.8, 4) is 0 Å². The van der Waals surface area contributed by atoms with Crippen LogP contribution >= 0.6 is 0 Å². The van der Waals surface area contributed by atoms with Crippen LogP contribution in [0.2, 0.25) is 0 Å². The van der Waals surface area contributed by atoms with Gasteiger partial charge >= 0.3 is 17.9 Å². The summed E-state index contributed by atoms with van der Waals surface area (Å²) in [5, 5.41) is 0. The Hall–Kier alpha value is -2.89. The van der Waals surface area contributed by atoms with E-state index in [9.17, 15) is 14.4 Å². The predicted octanol–water partition coefficient (Wildman–Crippen LogP) is 20.8. The Labute approximate surface area is 440 Å². The lowest BCUT2D eigenvalue weighted by atomic mass is 10.1. The van der Waals surface area contributed by atoms with Gasteiger partial charge in [0.25, 0.3) is 0 Å². The van der Waals surface area contributed by atoms with Gasteiger partial charge in [0.1, 0.15) is 13.2 Å². The summed E-state index contributed by atoms with van der Waals surface area (Å²) >= 11 is 0.